The third kappa shape index (κ3) is 2.31. The van der Waals surface area contributed by atoms with E-state index in [2.05, 4.69) is 41.7 Å². The summed E-state index contributed by atoms with van der Waals surface area (Å²) in [5.41, 5.74) is -0.0808. The van der Waals surface area contributed by atoms with Crippen LogP contribution in [0, 0.1) is 5.41 Å². The van der Waals surface area contributed by atoms with Crippen LogP contribution >= 0.6 is 22.6 Å². The molecule has 16 heavy (non-hydrogen) atoms. The topological polar surface area (TPSA) is 29.5 Å². The fourth-order valence-corrected chi connectivity index (χ4v) is 4.08. The van der Waals surface area contributed by atoms with Crippen LogP contribution in [0.3, 0.4) is 0 Å². The largest absolute Gasteiger partial charge is 0.395 e. The van der Waals surface area contributed by atoms with Crippen LogP contribution < -0.4 is 0 Å². The first kappa shape index (κ1) is 12.8. The van der Waals surface area contributed by atoms with Crippen molar-refractivity contribution in [3.8, 4) is 0 Å². The number of rotatable bonds is 4. The fraction of sp³-hybridized carbons (Fsp3) is 0.846. The van der Waals surface area contributed by atoms with Crippen LogP contribution in [0.15, 0.2) is 12.2 Å². The summed E-state index contributed by atoms with van der Waals surface area (Å²) in [5.74, 6) is 0. The lowest BCUT2D eigenvalue weighted by Gasteiger charge is -2.35. The molecule has 0 aromatic carbocycles. The maximum Gasteiger partial charge on any atom is 0.0812 e. The number of fused-ring (bicyclic) bond motifs is 1. The zero-order valence-electron chi connectivity index (χ0n) is 9.86. The van der Waals surface area contributed by atoms with Gasteiger partial charge in [-0.3, -0.25) is 0 Å². The summed E-state index contributed by atoms with van der Waals surface area (Å²) in [5, 5.41) is 9.68. The Hall–Kier alpha value is 0.390. The molecule has 0 unspecified atom stereocenters. The van der Waals surface area contributed by atoms with E-state index in [1.54, 1.807) is 0 Å². The number of hydrogen-bond donors (Lipinski definition) is 1. The second-order valence-corrected chi connectivity index (χ2v) is 6.67. The highest BCUT2D eigenvalue weighted by molar-refractivity contribution is 14.1. The van der Waals surface area contributed by atoms with Crippen molar-refractivity contribution in [2.24, 2.45) is 5.41 Å². The first-order chi connectivity index (χ1) is 7.72. The first-order valence-corrected chi connectivity index (χ1v) is 7.54. The molecule has 0 saturated carbocycles. The summed E-state index contributed by atoms with van der Waals surface area (Å²) in [6, 6.07) is 0. The van der Waals surface area contributed by atoms with Crippen LogP contribution in [0.1, 0.15) is 39.0 Å². The average Bonchev–Trinajstić information content (AvgIpc) is 2.67. The second-order valence-electron chi connectivity index (χ2n) is 5.07. The van der Waals surface area contributed by atoms with Crippen LogP contribution in [0.2, 0.25) is 0 Å². The molecule has 2 rings (SSSR count). The molecule has 92 valence electrons. The lowest BCUT2D eigenvalue weighted by atomic mass is 9.75. The Morgan fingerprint density at radius 2 is 2.38 bits per heavy atom. The molecule has 2 aliphatic rings. The molecule has 1 fully saturated rings. The van der Waals surface area contributed by atoms with Gasteiger partial charge in [-0.1, -0.05) is 54.5 Å². The third-order valence-electron chi connectivity index (χ3n) is 3.83. The lowest BCUT2D eigenvalue weighted by molar-refractivity contribution is 0.00432. The van der Waals surface area contributed by atoms with Gasteiger partial charge >= 0.3 is 0 Å². The van der Waals surface area contributed by atoms with E-state index < -0.39 is 0 Å². The Morgan fingerprint density at radius 3 is 3.00 bits per heavy atom. The van der Waals surface area contributed by atoms with E-state index in [9.17, 15) is 5.11 Å². The van der Waals surface area contributed by atoms with Crippen molar-refractivity contribution in [2.75, 3.05) is 6.61 Å². The number of alkyl halides is 1. The summed E-state index contributed by atoms with van der Waals surface area (Å²) in [6.07, 6.45) is 10.7. The van der Waals surface area contributed by atoms with E-state index in [1.807, 2.05) is 0 Å². The Bertz CT molecular complexity index is 267. The molecule has 0 spiro atoms. The van der Waals surface area contributed by atoms with Crippen molar-refractivity contribution in [2.45, 2.75) is 55.2 Å². The molecule has 1 N–H and O–H groups in total. The minimum absolute atomic E-state index is 0.0808. The van der Waals surface area contributed by atoms with Gasteiger partial charge in [0.1, 0.15) is 0 Å². The number of aliphatic hydroxyl groups is 1. The summed E-state index contributed by atoms with van der Waals surface area (Å²) in [6.45, 7) is 2.45. The molecule has 2 nitrogen and oxygen atoms in total. The molecule has 1 aliphatic heterocycles. The predicted octanol–water partition coefficient (Wildman–Crippen LogP) is 3.08. The number of aliphatic hydroxyl groups excluding tert-OH is 1. The van der Waals surface area contributed by atoms with Crippen LogP contribution in [0.25, 0.3) is 0 Å². The molecule has 1 aliphatic carbocycles. The third-order valence-corrected chi connectivity index (χ3v) is 4.99. The van der Waals surface area contributed by atoms with Crippen molar-refractivity contribution < 1.29 is 9.84 Å². The summed E-state index contributed by atoms with van der Waals surface area (Å²) < 4.78 is 6.67. The molecular weight excluding hydrogens is 315 g/mol. The van der Waals surface area contributed by atoms with Crippen LogP contribution in [0.5, 0.6) is 0 Å². The van der Waals surface area contributed by atoms with Crippen LogP contribution in [-0.4, -0.2) is 27.8 Å². The van der Waals surface area contributed by atoms with E-state index >= 15 is 0 Å². The highest BCUT2D eigenvalue weighted by atomic mass is 127. The SMILES string of the molecule is CCCC[C@H]1C[C@]2(CO)C=CC[C@@H](I)[C@@H]2O1. The predicted molar refractivity (Wildman–Crippen MR) is 73.9 cm³/mol. The highest BCUT2D eigenvalue weighted by Crippen LogP contribution is 2.47. The fourth-order valence-electron chi connectivity index (χ4n) is 2.90. The highest BCUT2D eigenvalue weighted by Gasteiger charge is 2.50. The number of halogens is 1. The van der Waals surface area contributed by atoms with Gasteiger partial charge in [0.2, 0.25) is 0 Å². The molecular formula is C13H21IO2. The smallest absolute Gasteiger partial charge is 0.0812 e. The van der Waals surface area contributed by atoms with Crippen LogP contribution in [0.4, 0.5) is 0 Å². The van der Waals surface area contributed by atoms with Gasteiger partial charge in [0.25, 0.3) is 0 Å². The van der Waals surface area contributed by atoms with E-state index in [1.165, 1.54) is 12.8 Å². The van der Waals surface area contributed by atoms with Crippen molar-refractivity contribution in [1.82, 2.24) is 0 Å². The standard InChI is InChI=1S/C13H21IO2/c1-2-3-5-10-8-13(9-15)7-4-6-11(14)12(13)16-10/h4,7,10-12,15H,2-3,5-6,8-9H2,1H3/t10-,11+,12-,13-/m0/s1. The van der Waals surface area contributed by atoms with Gasteiger partial charge in [-0.2, -0.15) is 0 Å². The maximum absolute atomic E-state index is 9.68. The molecule has 4 atom stereocenters. The Balaban J connectivity index is 2.07. The van der Waals surface area contributed by atoms with Crippen molar-refractivity contribution >= 4 is 22.6 Å². The van der Waals surface area contributed by atoms with Crippen molar-refractivity contribution in [3.63, 3.8) is 0 Å². The van der Waals surface area contributed by atoms with Gasteiger partial charge in [0.05, 0.1) is 18.8 Å². The maximum atomic E-state index is 9.68. The van der Waals surface area contributed by atoms with E-state index in [-0.39, 0.29) is 18.1 Å². The first-order valence-electron chi connectivity index (χ1n) is 6.30. The monoisotopic (exact) mass is 336 g/mol. The number of unbranched alkanes of at least 4 members (excludes halogenated alkanes) is 1. The molecule has 0 radical (unpaired) electrons. The average molecular weight is 336 g/mol. The lowest BCUT2D eigenvalue weighted by Crippen LogP contribution is -2.41. The van der Waals surface area contributed by atoms with E-state index in [4.69, 9.17) is 4.74 Å². The van der Waals surface area contributed by atoms with Crippen LogP contribution in [-0.2, 0) is 4.74 Å². The Kier molecular flexibility index (Phi) is 4.30. The second kappa shape index (κ2) is 5.36. The van der Waals surface area contributed by atoms with Gasteiger partial charge < -0.3 is 9.84 Å². The molecule has 1 heterocycles. The summed E-state index contributed by atoms with van der Waals surface area (Å²) >= 11 is 2.47. The van der Waals surface area contributed by atoms with Crippen molar-refractivity contribution in [3.05, 3.63) is 12.2 Å². The molecule has 1 saturated heterocycles. The minimum Gasteiger partial charge on any atom is -0.395 e. The quantitative estimate of drug-likeness (QED) is 0.486. The molecule has 3 heteroatoms. The zero-order valence-corrected chi connectivity index (χ0v) is 12.0. The molecule has 0 amide bonds. The number of ether oxygens (including phenoxy) is 1. The van der Waals surface area contributed by atoms with Gasteiger partial charge in [0.15, 0.2) is 0 Å². The minimum atomic E-state index is -0.0808. The van der Waals surface area contributed by atoms with E-state index in [0.717, 1.165) is 19.3 Å². The zero-order chi connectivity index (χ0) is 11.6. The van der Waals surface area contributed by atoms with Gasteiger partial charge in [-0.15, -0.1) is 0 Å². The van der Waals surface area contributed by atoms with Gasteiger partial charge in [-0.05, 0) is 19.3 Å². The Labute approximate surface area is 112 Å². The number of hydrogen-bond acceptors (Lipinski definition) is 2. The van der Waals surface area contributed by atoms with Gasteiger partial charge in [-0.25, -0.2) is 0 Å². The number of allylic oxidation sites excluding steroid dienone is 1. The van der Waals surface area contributed by atoms with Crippen molar-refractivity contribution in [1.29, 1.82) is 0 Å². The molecule has 0 aromatic heterocycles. The normalized spacial score (nSPS) is 42.3. The summed E-state index contributed by atoms with van der Waals surface area (Å²) in [4.78, 5) is 0. The van der Waals surface area contributed by atoms with Gasteiger partial charge in [0, 0.05) is 9.34 Å². The summed E-state index contributed by atoms with van der Waals surface area (Å²) in [7, 11) is 0. The van der Waals surface area contributed by atoms with E-state index in [0.29, 0.717) is 10.0 Å². The molecule has 0 aromatic rings. The molecule has 0 bridgehead atoms. The Morgan fingerprint density at radius 1 is 1.56 bits per heavy atom.